The van der Waals surface area contributed by atoms with E-state index in [9.17, 15) is 4.79 Å². The van der Waals surface area contributed by atoms with Crippen molar-refractivity contribution in [2.75, 3.05) is 6.61 Å². The van der Waals surface area contributed by atoms with Crippen LogP contribution in [0.1, 0.15) is 12.5 Å². The molecule has 2 rings (SSSR count). The summed E-state index contributed by atoms with van der Waals surface area (Å²) in [5.74, 6) is -0.340. The van der Waals surface area contributed by atoms with Gasteiger partial charge in [-0.3, -0.25) is 0 Å². The van der Waals surface area contributed by atoms with Gasteiger partial charge in [0.2, 0.25) is 0 Å². The summed E-state index contributed by atoms with van der Waals surface area (Å²) < 4.78 is 10.8. The molecule has 0 heterocycles. The SMILES string of the molecule is C[C@H](/C=C\[Si](C)(C)c1ccccc1)OC(=O)COCc1ccccc1. The maximum absolute atomic E-state index is 11.9. The van der Waals surface area contributed by atoms with Crippen LogP contribution in [0.5, 0.6) is 0 Å². The highest BCUT2D eigenvalue weighted by Crippen LogP contribution is 2.07. The third-order valence-corrected chi connectivity index (χ3v) is 6.80. The fourth-order valence-corrected chi connectivity index (χ4v) is 4.44. The molecule has 0 bridgehead atoms. The molecule has 3 nitrogen and oxygen atoms in total. The summed E-state index contributed by atoms with van der Waals surface area (Å²) in [5.41, 5.74) is 3.25. The second-order valence-corrected chi connectivity index (χ2v) is 11.0. The predicted molar refractivity (Wildman–Crippen MR) is 104 cm³/mol. The van der Waals surface area contributed by atoms with E-state index in [-0.39, 0.29) is 18.7 Å². The molecule has 0 saturated heterocycles. The second-order valence-electron chi connectivity index (χ2n) is 6.62. The first kappa shape index (κ1) is 19.2. The number of carbonyl (C=O) groups excluding carboxylic acids is 1. The van der Waals surface area contributed by atoms with E-state index < -0.39 is 8.07 Å². The Morgan fingerprint density at radius 2 is 1.64 bits per heavy atom. The Balaban J connectivity index is 1.77. The molecule has 0 amide bonds. The molecule has 0 fully saturated rings. The molecule has 2 aromatic carbocycles. The zero-order chi connectivity index (χ0) is 18.1. The van der Waals surface area contributed by atoms with Crippen LogP contribution in [0.4, 0.5) is 0 Å². The molecule has 0 radical (unpaired) electrons. The van der Waals surface area contributed by atoms with Crippen LogP contribution < -0.4 is 5.19 Å². The molecule has 0 aliphatic heterocycles. The highest BCUT2D eigenvalue weighted by atomic mass is 28.3. The number of benzene rings is 2. The Kier molecular flexibility index (Phi) is 7.16. The molecule has 1 atom stereocenters. The van der Waals surface area contributed by atoms with Crippen molar-refractivity contribution in [2.45, 2.75) is 32.7 Å². The van der Waals surface area contributed by atoms with E-state index in [1.165, 1.54) is 5.19 Å². The number of ether oxygens (including phenoxy) is 2. The highest BCUT2D eigenvalue weighted by molar-refractivity contribution is 6.93. The van der Waals surface area contributed by atoms with Crippen molar-refractivity contribution in [3.8, 4) is 0 Å². The van der Waals surface area contributed by atoms with Crippen LogP contribution in [0.25, 0.3) is 0 Å². The monoisotopic (exact) mass is 354 g/mol. The fourth-order valence-electron chi connectivity index (χ4n) is 2.45. The van der Waals surface area contributed by atoms with Crippen LogP contribution in [0.15, 0.2) is 72.4 Å². The quantitative estimate of drug-likeness (QED) is 0.534. The smallest absolute Gasteiger partial charge is 0.332 e. The summed E-state index contributed by atoms with van der Waals surface area (Å²) >= 11 is 0. The van der Waals surface area contributed by atoms with Crippen molar-refractivity contribution in [1.82, 2.24) is 0 Å². The Morgan fingerprint density at radius 1 is 1.04 bits per heavy atom. The largest absolute Gasteiger partial charge is 0.457 e. The first-order valence-corrected chi connectivity index (χ1v) is 11.6. The Hall–Kier alpha value is -2.17. The maximum atomic E-state index is 11.9. The van der Waals surface area contributed by atoms with Gasteiger partial charge in [0.15, 0.2) is 0 Å². The van der Waals surface area contributed by atoms with Gasteiger partial charge in [-0.15, -0.1) is 0 Å². The summed E-state index contributed by atoms with van der Waals surface area (Å²) in [6.07, 6.45) is 1.72. The van der Waals surface area contributed by atoms with Crippen molar-refractivity contribution in [2.24, 2.45) is 0 Å². The lowest BCUT2D eigenvalue weighted by molar-refractivity contribution is -0.151. The highest BCUT2D eigenvalue weighted by Gasteiger charge is 2.19. The molecule has 0 aliphatic rings. The molecule has 0 N–H and O–H groups in total. The Bertz CT molecular complexity index is 681. The minimum Gasteiger partial charge on any atom is -0.457 e. The molecule has 2 aromatic rings. The maximum Gasteiger partial charge on any atom is 0.332 e. The van der Waals surface area contributed by atoms with Crippen LogP contribution in [-0.4, -0.2) is 26.8 Å². The third-order valence-electron chi connectivity index (χ3n) is 3.95. The predicted octanol–water partition coefficient (Wildman–Crippen LogP) is 3.85. The molecule has 0 spiro atoms. The van der Waals surface area contributed by atoms with E-state index in [4.69, 9.17) is 9.47 Å². The number of esters is 1. The summed E-state index contributed by atoms with van der Waals surface area (Å²) in [4.78, 5) is 11.9. The third kappa shape index (κ3) is 6.68. The zero-order valence-electron chi connectivity index (χ0n) is 15.1. The van der Waals surface area contributed by atoms with Crippen molar-refractivity contribution in [3.05, 3.63) is 78.0 Å². The zero-order valence-corrected chi connectivity index (χ0v) is 16.1. The molecule has 25 heavy (non-hydrogen) atoms. The van der Waals surface area contributed by atoms with Crippen molar-refractivity contribution < 1.29 is 14.3 Å². The van der Waals surface area contributed by atoms with Crippen LogP contribution in [-0.2, 0) is 20.9 Å². The van der Waals surface area contributed by atoms with Gasteiger partial charge >= 0.3 is 5.97 Å². The number of rotatable bonds is 8. The van der Waals surface area contributed by atoms with E-state index in [2.05, 4.69) is 43.1 Å². The first-order chi connectivity index (χ1) is 12.0. The summed E-state index contributed by atoms with van der Waals surface area (Å²) in [5, 5.41) is 1.36. The van der Waals surface area contributed by atoms with E-state index in [1.54, 1.807) is 0 Å². The van der Waals surface area contributed by atoms with Crippen LogP contribution in [0.3, 0.4) is 0 Å². The number of hydrogen-bond donors (Lipinski definition) is 0. The van der Waals surface area contributed by atoms with Crippen molar-refractivity contribution in [1.29, 1.82) is 0 Å². The molecule has 0 aromatic heterocycles. The van der Waals surface area contributed by atoms with Gasteiger partial charge in [0.25, 0.3) is 0 Å². The van der Waals surface area contributed by atoms with Gasteiger partial charge in [-0.25, -0.2) is 4.79 Å². The normalized spacial score (nSPS) is 12.9. The van der Waals surface area contributed by atoms with Gasteiger partial charge < -0.3 is 9.47 Å². The van der Waals surface area contributed by atoms with E-state index in [1.807, 2.05) is 49.4 Å². The van der Waals surface area contributed by atoms with E-state index >= 15 is 0 Å². The fraction of sp³-hybridized carbons (Fsp3) is 0.286. The standard InChI is InChI=1S/C21H26O3Si/c1-18(14-15-25(2,3)20-12-8-5-9-13-20)24-21(22)17-23-16-19-10-6-4-7-11-19/h4-15,18H,16-17H2,1-3H3/b15-14-/t18-/m1/s1. The topological polar surface area (TPSA) is 35.5 Å². The van der Waals surface area contributed by atoms with E-state index in [0.29, 0.717) is 6.61 Å². The molecule has 4 heteroatoms. The van der Waals surface area contributed by atoms with Gasteiger partial charge in [-0.1, -0.05) is 90.7 Å². The van der Waals surface area contributed by atoms with Gasteiger partial charge in [0, 0.05) is 0 Å². The lowest BCUT2D eigenvalue weighted by atomic mass is 10.2. The van der Waals surface area contributed by atoms with E-state index in [0.717, 1.165) is 5.56 Å². The molecule has 0 saturated carbocycles. The van der Waals surface area contributed by atoms with Crippen molar-refractivity contribution >= 4 is 19.2 Å². The Labute approximate surface area is 151 Å². The first-order valence-electron chi connectivity index (χ1n) is 8.53. The molecule has 132 valence electrons. The van der Waals surface area contributed by atoms with Gasteiger partial charge in [-0.05, 0) is 12.5 Å². The molecule has 0 unspecified atom stereocenters. The molecular weight excluding hydrogens is 328 g/mol. The minimum atomic E-state index is -1.67. The van der Waals surface area contributed by atoms with Crippen LogP contribution >= 0.6 is 0 Å². The lowest BCUT2D eigenvalue weighted by Gasteiger charge is -2.19. The average molecular weight is 355 g/mol. The Morgan fingerprint density at radius 3 is 2.28 bits per heavy atom. The van der Waals surface area contributed by atoms with Crippen LogP contribution in [0, 0.1) is 0 Å². The van der Waals surface area contributed by atoms with Gasteiger partial charge in [0.1, 0.15) is 20.8 Å². The van der Waals surface area contributed by atoms with Gasteiger partial charge in [-0.2, -0.15) is 0 Å². The summed E-state index contributed by atoms with van der Waals surface area (Å²) in [6.45, 7) is 6.80. The summed E-state index contributed by atoms with van der Waals surface area (Å²) in [7, 11) is -1.67. The minimum absolute atomic E-state index is 0.0351. The second kappa shape index (κ2) is 9.35. The lowest BCUT2D eigenvalue weighted by Crippen LogP contribution is -2.39. The average Bonchev–Trinajstić information content (AvgIpc) is 2.62. The molecule has 0 aliphatic carbocycles. The van der Waals surface area contributed by atoms with Gasteiger partial charge in [0.05, 0.1) is 6.61 Å². The van der Waals surface area contributed by atoms with Crippen molar-refractivity contribution in [3.63, 3.8) is 0 Å². The molecular formula is C21H26O3Si. The van der Waals surface area contributed by atoms with Crippen LogP contribution in [0.2, 0.25) is 13.1 Å². The number of hydrogen-bond acceptors (Lipinski definition) is 3. The summed E-state index contributed by atoms with van der Waals surface area (Å²) in [6, 6.07) is 20.2. The number of carbonyl (C=O) groups is 1.